The molecule has 0 aliphatic rings. The molecule has 0 aromatic carbocycles. The third kappa shape index (κ3) is 2.81. The fourth-order valence-electron chi connectivity index (χ4n) is 1.45. The molecule has 0 amide bonds. The summed E-state index contributed by atoms with van der Waals surface area (Å²) >= 11 is 0. The van der Waals surface area contributed by atoms with Crippen LogP contribution >= 0.6 is 0 Å². The molecule has 2 nitrogen and oxygen atoms in total. The van der Waals surface area contributed by atoms with Crippen LogP contribution in [0.15, 0.2) is 18.3 Å². The van der Waals surface area contributed by atoms with Gasteiger partial charge in [0.25, 0.3) is 0 Å². The minimum Gasteiger partial charge on any atom is -0.330 e. The van der Waals surface area contributed by atoms with Crippen LogP contribution < -0.4 is 5.73 Å². The molecule has 1 aromatic heterocycles. The van der Waals surface area contributed by atoms with Gasteiger partial charge in [0.15, 0.2) is 0 Å². The van der Waals surface area contributed by atoms with Crippen LogP contribution in [0.5, 0.6) is 0 Å². The minimum atomic E-state index is 0.557. The minimum absolute atomic E-state index is 0.557. The second-order valence-corrected chi connectivity index (χ2v) is 3.59. The summed E-state index contributed by atoms with van der Waals surface area (Å²) in [5.41, 5.74) is 8.04. The van der Waals surface area contributed by atoms with E-state index in [4.69, 9.17) is 5.73 Å². The Balaban J connectivity index is 2.78. The second-order valence-electron chi connectivity index (χ2n) is 3.59. The van der Waals surface area contributed by atoms with Gasteiger partial charge in [0.2, 0.25) is 0 Å². The zero-order chi connectivity index (χ0) is 9.68. The number of rotatable bonds is 4. The van der Waals surface area contributed by atoms with Gasteiger partial charge in [-0.3, -0.25) is 4.98 Å². The molecule has 0 fully saturated rings. The number of aromatic nitrogens is 1. The molecule has 0 aliphatic carbocycles. The van der Waals surface area contributed by atoms with Gasteiger partial charge < -0.3 is 5.73 Å². The van der Waals surface area contributed by atoms with E-state index in [1.165, 1.54) is 11.3 Å². The van der Waals surface area contributed by atoms with Crippen molar-refractivity contribution in [2.75, 3.05) is 6.54 Å². The second kappa shape index (κ2) is 4.97. The molecule has 0 atom stereocenters. The first kappa shape index (κ1) is 10.2. The van der Waals surface area contributed by atoms with Gasteiger partial charge in [0.1, 0.15) is 0 Å². The van der Waals surface area contributed by atoms with E-state index in [1.807, 2.05) is 12.3 Å². The Morgan fingerprint density at radius 1 is 1.46 bits per heavy atom. The summed E-state index contributed by atoms with van der Waals surface area (Å²) < 4.78 is 0. The van der Waals surface area contributed by atoms with Crippen molar-refractivity contribution in [2.24, 2.45) is 5.73 Å². The van der Waals surface area contributed by atoms with Crippen molar-refractivity contribution in [3.8, 4) is 0 Å². The average Bonchev–Trinajstić information content (AvgIpc) is 2.15. The topological polar surface area (TPSA) is 38.9 Å². The smallest absolute Gasteiger partial charge is 0.0438 e. The first-order valence-corrected chi connectivity index (χ1v) is 4.89. The van der Waals surface area contributed by atoms with Crippen LogP contribution in [0.1, 0.15) is 37.4 Å². The zero-order valence-corrected chi connectivity index (χ0v) is 8.46. The molecule has 2 N–H and O–H groups in total. The summed E-state index contributed by atoms with van der Waals surface area (Å²) in [6.07, 6.45) is 3.89. The Kier molecular flexibility index (Phi) is 3.90. The fourth-order valence-corrected chi connectivity index (χ4v) is 1.45. The molecule has 0 spiro atoms. The maximum absolute atomic E-state index is 5.47. The molecule has 2 heteroatoms. The van der Waals surface area contributed by atoms with Crippen LogP contribution in [0, 0.1) is 0 Å². The van der Waals surface area contributed by atoms with Crippen LogP contribution in [0.4, 0.5) is 0 Å². The highest BCUT2D eigenvalue weighted by Crippen LogP contribution is 2.17. The Morgan fingerprint density at radius 3 is 2.85 bits per heavy atom. The highest BCUT2D eigenvalue weighted by molar-refractivity contribution is 5.23. The molecule has 72 valence electrons. The van der Waals surface area contributed by atoms with E-state index in [-0.39, 0.29) is 0 Å². The lowest BCUT2D eigenvalue weighted by Gasteiger charge is -2.10. The molecule has 0 saturated heterocycles. The number of pyridine rings is 1. The number of nitrogens with zero attached hydrogens (tertiary/aromatic N) is 1. The summed E-state index contributed by atoms with van der Waals surface area (Å²) in [6.45, 7) is 5.14. The maximum atomic E-state index is 5.47. The Hall–Kier alpha value is -0.890. The van der Waals surface area contributed by atoms with Crippen LogP contribution in [-0.2, 0) is 6.42 Å². The lowest BCUT2D eigenvalue weighted by Crippen LogP contribution is -2.04. The van der Waals surface area contributed by atoms with E-state index < -0.39 is 0 Å². The van der Waals surface area contributed by atoms with Crippen LogP contribution in [0.3, 0.4) is 0 Å². The van der Waals surface area contributed by atoms with Crippen molar-refractivity contribution in [1.29, 1.82) is 0 Å². The van der Waals surface area contributed by atoms with Crippen molar-refractivity contribution in [3.63, 3.8) is 0 Å². The van der Waals surface area contributed by atoms with Crippen LogP contribution in [0.25, 0.3) is 0 Å². The van der Waals surface area contributed by atoms with Gasteiger partial charge in [0.05, 0.1) is 0 Å². The van der Waals surface area contributed by atoms with Crippen molar-refractivity contribution in [1.82, 2.24) is 4.98 Å². The van der Waals surface area contributed by atoms with Gasteiger partial charge in [-0.2, -0.15) is 0 Å². The van der Waals surface area contributed by atoms with Gasteiger partial charge in [-0.05, 0) is 36.9 Å². The van der Waals surface area contributed by atoms with E-state index in [0.29, 0.717) is 5.92 Å². The largest absolute Gasteiger partial charge is 0.330 e. The number of nitrogens with two attached hydrogens (primary N) is 1. The third-order valence-electron chi connectivity index (χ3n) is 2.17. The quantitative estimate of drug-likeness (QED) is 0.766. The Bertz CT molecular complexity index is 256. The number of hydrogen-bond donors (Lipinski definition) is 1. The van der Waals surface area contributed by atoms with E-state index in [2.05, 4.69) is 24.9 Å². The monoisotopic (exact) mass is 178 g/mol. The normalized spacial score (nSPS) is 10.8. The molecule has 0 saturated carbocycles. The Morgan fingerprint density at radius 2 is 2.23 bits per heavy atom. The molecule has 1 heterocycles. The van der Waals surface area contributed by atoms with E-state index in [0.717, 1.165) is 19.4 Å². The zero-order valence-electron chi connectivity index (χ0n) is 8.46. The summed E-state index contributed by atoms with van der Waals surface area (Å²) in [5.74, 6) is 0.557. The van der Waals surface area contributed by atoms with Gasteiger partial charge in [-0.1, -0.05) is 19.9 Å². The Labute approximate surface area is 80.2 Å². The van der Waals surface area contributed by atoms with E-state index in [9.17, 15) is 0 Å². The van der Waals surface area contributed by atoms with Crippen molar-refractivity contribution < 1.29 is 0 Å². The average molecular weight is 178 g/mol. The first-order valence-electron chi connectivity index (χ1n) is 4.89. The summed E-state index contributed by atoms with van der Waals surface area (Å²) in [6, 6.07) is 4.16. The van der Waals surface area contributed by atoms with Crippen LogP contribution in [0.2, 0.25) is 0 Å². The number of hydrogen-bond acceptors (Lipinski definition) is 2. The van der Waals surface area contributed by atoms with Crippen LogP contribution in [-0.4, -0.2) is 11.5 Å². The lowest BCUT2D eigenvalue weighted by atomic mass is 9.99. The molecular formula is C11H18N2. The molecule has 0 radical (unpaired) electrons. The maximum Gasteiger partial charge on any atom is 0.0438 e. The predicted octanol–water partition coefficient (Wildman–Crippen LogP) is 2.10. The molecule has 0 aliphatic heterocycles. The van der Waals surface area contributed by atoms with Crippen molar-refractivity contribution in [2.45, 2.75) is 32.6 Å². The predicted molar refractivity (Wildman–Crippen MR) is 55.7 cm³/mol. The molecule has 1 aromatic rings. The molecular weight excluding hydrogens is 160 g/mol. The third-order valence-corrected chi connectivity index (χ3v) is 2.17. The van der Waals surface area contributed by atoms with Gasteiger partial charge >= 0.3 is 0 Å². The number of aryl methyl sites for hydroxylation is 1. The van der Waals surface area contributed by atoms with Crippen molar-refractivity contribution in [3.05, 3.63) is 29.6 Å². The highest BCUT2D eigenvalue weighted by Gasteiger charge is 2.05. The van der Waals surface area contributed by atoms with Gasteiger partial charge in [-0.25, -0.2) is 0 Å². The summed E-state index contributed by atoms with van der Waals surface area (Å²) in [4.78, 5) is 4.38. The molecule has 0 unspecified atom stereocenters. The van der Waals surface area contributed by atoms with Gasteiger partial charge in [-0.15, -0.1) is 0 Å². The first-order chi connectivity index (χ1) is 6.25. The molecule has 0 bridgehead atoms. The molecule has 1 rings (SSSR count). The fraction of sp³-hybridized carbons (Fsp3) is 0.545. The summed E-state index contributed by atoms with van der Waals surface area (Å²) in [7, 11) is 0. The summed E-state index contributed by atoms with van der Waals surface area (Å²) in [5, 5.41) is 0. The standard InChI is InChI=1S/C11H18N2/c1-9(2)10-5-4-8-13-11(10)6-3-7-12/h4-5,8-9H,3,6-7,12H2,1-2H3. The molecule has 13 heavy (non-hydrogen) atoms. The van der Waals surface area contributed by atoms with E-state index >= 15 is 0 Å². The van der Waals surface area contributed by atoms with Gasteiger partial charge in [0, 0.05) is 11.9 Å². The van der Waals surface area contributed by atoms with Crippen molar-refractivity contribution >= 4 is 0 Å². The lowest BCUT2D eigenvalue weighted by molar-refractivity contribution is 0.766. The highest BCUT2D eigenvalue weighted by atomic mass is 14.7. The SMILES string of the molecule is CC(C)c1cccnc1CCCN. The van der Waals surface area contributed by atoms with E-state index in [1.54, 1.807) is 0 Å².